The second-order valence-electron chi connectivity index (χ2n) is 5.13. The lowest BCUT2D eigenvalue weighted by molar-refractivity contribution is -0.137. The minimum Gasteiger partial charge on any atom is -0.481 e. The molecule has 1 fully saturated rings. The van der Waals surface area contributed by atoms with Crippen molar-refractivity contribution >= 4 is 5.97 Å². The summed E-state index contributed by atoms with van der Waals surface area (Å²) in [6, 6.07) is 0. The molecular formula is C15H24O4. The largest absolute Gasteiger partial charge is 0.481 e. The molecule has 0 saturated heterocycles. The number of allylic oxidation sites excluding steroid dienone is 3. The fraction of sp³-hybridized carbons (Fsp3) is 0.667. The number of hydrogen-bond acceptors (Lipinski definition) is 3. The molecule has 19 heavy (non-hydrogen) atoms. The van der Waals surface area contributed by atoms with Crippen molar-refractivity contribution in [1.82, 2.24) is 0 Å². The van der Waals surface area contributed by atoms with E-state index in [0.29, 0.717) is 12.8 Å². The van der Waals surface area contributed by atoms with Crippen LogP contribution in [0.3, 0.4) is 0 Å². The molecule has 0 spiro atoms. The first-order chi connectivity index (χ1) is 9.06. The van der Waals surface area contributed by atoms with Crippen molar-refractivity contribution in [1.29, 1.82) is 0 Å². The maximum Gasteiger partial charge on any atom is 0.303 e. The number of rotatable bonds is 7. The lowest BCUT2D eigenvalue weighted by Crippen LogP contribution is -2.19. The predicted octanol–water partition coefficient (Wildman–Crippen LogP) is 2.12. The number of carboxylic acid groups (broad SMARTS) is 1. The summed E-state index contributed by atoms with van der Waals surface area (Å²) in [5.74, 6) is -0.693. The summed E-state index contributed by atoms with van der Waals surface area (Å²) in [5, 5.41) is 28.3. The average Bonchev–Trinajstić information content (AvgIpc) is 2.60. The molecule has 0 aromatic carbocycles. The standard InChI is InChI=1S/C15H24O4/c1-2-7-11-12(14(17)10-13(11)16)8-5-3-4-6-9-15(18)19/h2-3,5,7,11-14,16-17H,4,6,8-10H2,1H3,(H,18,19)/b5-3+,7-2-. The number of aliphatic carboxylic acids is 1. The van der Waals surface area contributed by atoms with Crippen molar-refractivity contribution in [2.75, 3.05) is 0 Å². The Kier molecular flexibility index (Phi) is 6.81. The van der Waals surface area contributed by atoms with Gasteiger partial charge < -0.3 is 15.3 Å². The van der Waals surface area contributed by atoms with Crippen molar-refractivity contribution in [2.45, 2.75) is 51.2 Å². The molecule has 4 atom stereocenters. The lowest BCUT2D eigenvalue weighted by atomic mass is 9.90. The summed E-state index contributed by atoms with van der Waals surface area (Å²) in [6.07, 6.45) is 9.64. The third-order valence-corrected chi connectivity index (χ3v) is 3.67. The first-order valence-electron chi connectivity index (χ1n) is 6.92. The van der Waals surface area contributed by atoms with Gasteiger partial charge in [-0.25, -0.2) is 0 Å². The third-order valence-electron chi connectivity index (χ3n) is 3.67. The van der Waals surface area contributed by atoms with E-state index in [1.54, 1.807) is 0 Å². The Balaban J connectivity index is 2.37. The number of carbonyl (C=O) groups is 1. The maximum atomic E-state index is 10.3. The Morgan fingerprint density at radius 2 is 2.00 bits per heavy atom. The van der Waals surface area contributed by atoms with E-state index in [9.17, 15) is 15.0 Å². The van der Waals surface area contributed by atoms with E-state index in [1.165, 1.54) is 0 Å². The highest BCUT2D eigenvalue weighted by Gasteiger charge is 2.39. The molecular weight excluding hydrogens is 244 g/mol. The van der Waals surface area contributed by atoms with Gasteiger partial charge in [-0.3, -0.25) is 4.79 Å². The highest BCUT2D eigenvalue weighted by atomic mass is 16.4. The topological polar surface area (TPSA) is 77.8 Å². The molecule has 1 aliphatic carbocycles. The number of aliphatic hydroxyl groups excluding tert-OH is 2. The number of hydrogen-bond donors (Lipinski definition) is 3. The maximum absolute atomic E-state index is 10.3. The van der Waals surface area contributed by atoms with Crippen LogP contribution in [0.25, 0.3) is 0 Å². The Labute approximate surface area is 114 Å². The van der Waals surface area contributed by atoms with E-state index < -0.39 is 18.2 Å². The van der Waals surface area contributed by atoms with E-state index in [4.69, 9.17) is 5.11 Å². The van der Waals surface area contributed by atoms with Crippen molar-refractivity contribution in [3.8, 4) is 0 Å². The molecule has 0 aliphatic heterocycles. The smallest absolute Gasteiger partial charge is 0.303 e. The molecule has 0 radical (unpaired) electrons. The molecule has 4 nitrogen and oxygen atoms in total. The summed E-state index contributed by atoms with van der Waals surface area (Å²) in [4.78, 5) is 10.3. The molecule has 0 amide bonds. The minimum atomic E-state index is -0.768. The zero-order valence-electron chi connectivity index (χ0n) is 11.4. The molecule has 4 unspecified atom stereocenters. The second-order valence-corrected chi connectivity index (χ2v) is 5.13. The van der Waals surface area contributed by atoms with Gasteiger partial charge in [0.2, 0.25) is 0 Å². The third kappa shape index (κ3) is 5.17. The van der Waals surface area contributed by atoms with Gasteiger partial charge in [0.25, 0.3) is 0 Å². The molecule has 3 N–H and O–H groups in total. The zero-order chi connectivity index (χ0) is 14.3. The van der Waals surface area contributed by atoms with Crippen LogP contribution in [0.2, 0.25) is 0 Å². The fourth-order valence-electron chi connectivity index (χ4n) is 2.67. The number of aliphatic hydroxyl groups is 2. The molecule has 0 heterocycles. The minimum absolute atomic E-state index is 0.0173. The van der Waals surface area contributed by atoms with Crippen LogP contribution < -0.4 is 0 Å². The van der Waals surface area contributed by atoms with Gasteiger partial charge in [0.1, 0.15) is 0 Å². The van der Waals surface area contributed by atoms with Gasteiger partial charge in [-0.05, 0) is 32.1 Å². The fourth-order valence-corrected chi connectivity index (χ4v) is 2.67. The van der Waals surface area contributed by atoms with Crippen LogP contribution in [0.5, 0.6) is 0 Å². The number of unbranched alkanes of at least 4 members (excludes halogenated alkanes) is 1. The Morgan fingerprint density at radius 3 is 2.63 bits per heavy atom. The highest BCUT2D eigenvalue weighted by Crippen LogP contribution is 2.36. The normalized spacial score (nSPS) is 31.5. The zero-order valence-corrected chi connectivity index (χ0v) is 11.4. The van der Waals surface area contributed by atoms with Crippen LogP contribution in [0.1, 0.15) is 39.0 Å². The van der Waals surface area contributed by atoms with Crippen molar-refractivity contribution in [2.24, 2.45) is 11.8 Å². The molecule has 0 aromatic rings. The van der Waals surface area contributed by atoms with Crippen LogP contribution in [-0.4, -0.2) is 33.5 Å². The van der Waals surface area contributed by atoms with E-state index in [0.717, 1.165) is 12.8 Å². The van der Waals surface area contributed by atoms with Gasteiger partial charge in [-0.1, -0.05) is 24.3 Å². The highest BCUT2D eigenvalue weighted by molar-refractivity contribution is 5.66. The summed E-state index contributed by atoms with van der Waals surface area (Å²) in [6.45, 7) is 1.91. The van der Waals surface area contributed by atoms with Crippen molar-refractivity contribution < 1.29 is 20.1 Å². The van der Waals surface area contributed by atoms with Gasteiger partial charge in [0.05, 0.1) is 12.2 Å². The van der Waals surface area contributed by atoms with Crippen LogP contribution in [0.15, 0.2) is 24.3 Å². The molecule has 0 aromatic heterocycles. The molecule has 1 rings (SSSR count). The van der Waals surface area contributed by atoms with Crippen LogP contribution in [-0.2, 0) is 4.79 Å². The molecule has 4 heteroatoms. The van der Waals surface area contributed by atoms with Gasteiger partial charge in [-0.2, -0.15) is 0 Å². The Bertz CT molecular complexity index is 335. The first kappa shape index (κ1) is 15.9. The van der Waals surface area contributed by atoms with Crippen LogP contribution in [0.4, 0.5) is 0 Å². The summed E-state index contributed by atoms with van der Waals surface area (Å²) in [7, 11) is 0. The van der Waals surface area contributed by atoms with E-state index in [-0.39, 0.29) is 18.3 Å². The van der Waals surface area contributed by atoms with Crippen molar-refractivity contribution in [3.63, 3.8) is 0 Å². The molecule has 108 valence electrons. The van der Waals surface area contributed by atoms with Gasteiger partial charge in [0.15, 0.2) is 0 Å². The molecule has 0 bridgehead atoms. The monoisotopic (exact) mass is 268 g/mol. The second kappa shape index (κ2) is 8.12. The SMILES string of the molecule is C/C=C\C1C(O)CC(O)C1C/C=C/CCCC(=O)O. The molecule has 1 aliphatic rings. The summed E-state index contributed by atoms with van der Waals surface area (Å²) in [5.41, 5.74) is 0. The van der Waals surface area contributed by atoms with Crippen molar-refractivity contribution in [3.05, 3.63) is 24.3 Å². The van der Waals surface area contributed by atoms with Gasteiger partial charge in [0, 0.05) is 18.8 Å². The van der Waals surface area contributed by atoms with E-state index >= 15 is 0 Å². The quantitative estimate of drug-likeness (QED) is 0.488. The summed E-state index contributed by atoms with van der Waals surface area (Å²) < 4.78 is 0. The van der Waals surface area contributed by atoms with E-state index in [1.807, 2.05) is 31.2 Å². The Morgan fingerprint density at radius 1 is 1.26 bits per heavy atom. The van der Waals surface area contributed by atoms with Gasteiger partial charge in [-0.15, -0.1) is 0 Å². The Hall–Kier alpha value is -1.13. The number of carboxylic acids is 1. The van der Waals surface area contributed by atoms with Crippen LogP contribution in [0, 0.1) is 11.8 Å². The van der Waals surface area contributed by atoms with E-state index in [2.05, 4.69) is 0 Å². The average molecular weight is 268 g/mol. The summed E-state index contributed by atoms with van der Waals surface area (Å²) >= 11 is 0. The van der Waals surface area contributed by atoms with Gasteiger partial charge >= 0.3 is 5.97 Å². The van der Waals surface area contributed by atoms with Crippen LogP contribution >= 0.6 is 0 Å². The first-order valence-corrected chi connectivity index (χ1v) is 6.92. The lowest BCUT2D eigenvalue weighted by Gasteiger charge is -2.18. The predicted molar refractivity (Wildman–Crippen MR) is 73.7 cm³/mol. The molecule has 1 saturated carbocycles.